The number of nitrogen functional groups attached to an aromatic ring is 1. The third-order valence-electron chi connectivity index (χ3n) is 4.85. The van der Waals surface area contributed by atoms with Crippen LogP contribution >= 0.6 is 11.6 Å². The van der Waals surface area contributed by atoms with Crippen LogP contribution in [-0.4, -0.2) is 24.7 Å². The number of carbonyl (C=O) groups is 1. The first-order chi connectivity index (χ1) is 14.8. The second kappa shape index (κ2) is 7.84. The lowest BCUT2D eigenvalue weighted by molar-refractivity contribution is 0.101. The van der Waals surface area contributed by atoms with Gasteiger partial charge in [-0.15, -0.1) is 0 Å². The second-order valence-electron chi connectivity index (χ2n) is 7.01. The maximum atomic E-state index is 14.0. The molecule has 0 radical (unpaired) electrons. The van der Waals surface area contributed by atoms with Crippen molar-refractivity contribution in [2.45, 2.75) is 19.9 Å². The van der Waals surface area contributed by atoms with Crippen molar-refractivity contribution < 1.29 is 9.18 Å². The lowest BCUT2D eigenvalue weighted by atomic mass is 10.1. The Kier molecular flexibility index (Phi) is 5.20. The molecule has 0 bridgehead atoms. The summed E-state index contributed by atoms with van der Waals surface area (Å²) < 4.78 is 16.9. The molecule has 0 aliphatic heterocycles. The van der Waals surface area contributed by atoms with Gasteiger partial charge in [0.25, 0.3) is 5.56 Å². The highest BCUT2D eigenvalue weighted by atomic mass is 35.5. The van der Waals surface area contributed by atoms with Gasteiger partial charge in [0, 0.05) is 18.6 Å². The third-order valence-corrected chi connectivity index (χ3v) is 5.16. The Morgan fingerprint density at radius 1 is 1.32 bits per heavy atom. The average molecular weight is 441 g/mol. The maximum Gasteiger partial charge on any atom is 0.281 e. The minimum absolute atomic E-state index is 0.00476. The molecule has 31 heavy (non-hydrogen) atoms. The number of carbonyl (C=O) groups excluding carboxylic acids is 1. The van der Waals surface area contributed by atoms with E-state index in [9.17, 15) is 14.0 Å². The highest BCUT2D eigenvalue weighted by Crippen LogP contribution is 2.25. The van der Waals surface area contributed by atoms with Crippen molar-refractivity contribution in [2.24, 2.45) is 0 Å². The summed E-state index contributed by atoms with van der Waals surface area (Å²) in [6.07, 6.45) is 4.71. The van der Waals surface area contributed by atoms with Crippen LogP contribution in [0.4, 0.5) is 16.2 Å². The van der Waals surface area contributed by atoms with Crippen LogP contribution < -0.4 is 16.6 Å². The highest BCUT2D eigenvalue weighted by Gasteiger charge is 2.20. The Balaban J connectivity index is 1.91. The fraction of sp³-hybridized carbons (Fsp3) is 0.143. The van der Waals surface area contributed by atoms with Crippen molar-refractivity contribution in [3.05, 3.63) is 81.4 Å². The first kappa shape index (κ1) is 20.5. The van der Waals surface area contributed by atoms with Crippen LogP contribution in [0.25, 0.3) is 11.2 Å². The Hall–Kier alpha value is -3.72. The van der Waals surface area contributed by atoms with Gasteiger partial charge in [0.15, 0.2) is 5.78 Å². The number of anilines is 2. The number of ketones is 1. The summed E-state index contributed by atoms with van der Waals surface area (Å²) in [5.74, 6) is -0.504. The molecule has 4 aromatic rings. The molecule has 1 unspecified atom stereocenters. The van der Waals surface area contributed by atoms with Crippen molar-refractivity contribution in [3.8, 4) is 5.69 Å². The molecule has 0 saturated carbocycles. The predicted octanol–water partition coefficient (Wildman–Crippen LogP) is 3.63. The number of nitrogens with two attached hydrogens (primary N) is 1. The van der Waals surface area contributed by atoms with Crippen molar-refractivity contribution in [1.29, 1.82) is 0 Å². The normalized spacial score (nSPS) is 12.1. The molecule has 10 heteroatoms. The fourth-order valence-electron chi connectivity index (χ4n) is 3.40. The minimum Gasteiger partial charge on any atom is -0.368 e. The van der Waals surface area contributed by atoms with Gasteiger partial charge in [0.2, 0.25) is 5.95 Å². The second-order valence-corrected chi connectivity index (χ2v) is 7.41. The van der Waals surface area contributed by atoms with E-state index in [1.54, 1.807) is 35.9 Å². The first-order valence-corrected chi connectivity index (χ1v) is 9.72. The maximum absolute atomic E-state index is 14.0. The molecule has 4 rings (SSSR count). The van der Waals surface area contributed by atoms with E-state index in [0.717, 1.165) is 0 Å². The molecule has 1 aromatic carbocycles. The summed E-state index contributed by atoms with van der Waals surface area (Å²) in [5.41, 5.74) is 6.62. The van der Waals surface area contributed by atoms with Crippen molar-refractivity contribution in [3.63, 3.8) is 0 Å². The molecule has 0 fully saturated rings. The summed E-state index contributed by atoms with van der Waals surface area (Å²) in [4.78, 5) is 33.3. The van der Waals surface area contributed by atoms with Crippen LogP contribution in [0.3, 0.4) is 0 Å². The molecule has 3 heterocycles. The van der Waals surface area contributed by atoms with Crippen LogP contribution in [0, 0.1) is 5.82 Å². The number of Topliss-reactive ketones (excluding diaryl/α,β-unsaturated/α-hetero) is 1. The fourth-order valence-corrected chi connectivity index (χ4v) is 3.63. The zero-order chi connectivity index (χ0) is 22.3. The quantitative estimate of drug-likeness (QED) is 0.459. The number of halogens is 2. The van der Waals surface area contributed by atoms with E-state index in [1.165, 1.54) is 35.9 Å². The number of hydrogen-bond donors (Lipinski definition) is 2. The number of hydrogen-bond acceptors (Lipinski definition) is 6. The Bertz CT molecular complexity index is 1380. The number of nitrogens with zero attached hydrogens (tertiary/aromatic N) is 4. The topological polar surface area (TPSA) is 107 Å². The van der Waals surface area contributed by atoms with Gasteiger partial charge in [-0.25, -0.2) is 9.37 Å². The Morgan fingerprint density at radius 3 is 2.81 bits per heavy atom. The smallest absolute Gasteiger partial charge is 0.281 e. The summed E-state index contributed by atoms with van der Waals surface area (Å²) in [7, 11) is 0. The van der Waals surface area contributed by atoms with E-state index < -0.39 is 17.4 Å². The Labute approximate surface area is 181 Å². The number of aromatic nitrogens is 4. The third kappa shape index (κ3) is 3.75. The predicted molar refractivity (Wildman–Crippen MR) is 116 cm³/mol. The van der Waals surface area contributed by atoms with Crippen LogP contribution in [0.5, 0.6) is 0 Å². The van der Waals surface area contributed by atoms with Gasteiger partial charge >= 0.3 is 0 Å². The molecular formula is C21H18ClFN6O2. The van der Waals surface area contributed by atoms with Crippen LogP contribution in [0.15, 0.2) is 53.7 Å². The lowest BCUT2D eigenvalue weighted by Crippen LogP contribution is -2.27. The zero-order valence-electron chi connectivity index (χ0n) is 16.6. The SMILES string of the molecule is CC(=O)c1cnc(N)nc1NC(C)c1cn2ccc(Cl)c2c(=O)n1-c1cccc(F)c1. The molecule has 1 atom stereocenters. The van der Waals surface area contributed by atoms with E-state index >= 15 is 0 Å². The monoisotopic (exact) mass is 440 g/mol. The molecule has 0 spiro atoms. The Morgan fingerprint density at radius 2 is 2.10 bits per heavy atom. The van der Waals surface area contributed by atoms with Gasteiger partial charge in [-0.3, -0.25) is 14.2 Å². The van der Waals surface area contributed by atoms with E-state index in [-0.39, 0.29) is 33.7 Å². The molecule has 0 aliphatic carbocycles. The van der Waals surface area contributed by atoms with Crippen LogP contribution in [0.2, 0.25) is 5.02 Å². The number of rotatable bonds is 5. The lowest BCUT2D eigenvalue weighted by Gasteiger charge is -2.22. The first-order valence-electron chi connectivity index (χ1n) is 9.34. The van der Waals surface area contributed by atoms with E-state index in [2.05, 4.69) is 15.3 Å². The summed E-state index contributed by atoms with van der Waals surface area (Å²) >= 11 is 6.21. The average Bonchev–Trinajstić information content (AvgIpc) is 3.08. The summed E-state index contributed by atoms with van der Waals surface area (Å²) in [6.45, 7) is 3.17. The van der Waals surface area contributed by atoms with Crippen molar-refractivity contribution >= 4 is 34.7 Å². The molecule has 0 aliphatic rings. The van der Waals surface area contributed by atoms with Crippen molar-refractivity contribution in [2.75, 3.05) is 11.1 Å². The largest absolute Gasteiger partial charge is 0.368 e. The van der Waals surface area contributed by atoms with Gasteiger partial charge in [0.05, 0.1) is 28.0 Å². The van der Waals surface area contributed by atoms with E-state index in [0.29, 0.717) is 11.4 Å². The molecule has 0 saturated heterocycles. The van der Waals surface area contributed by atoms with Gasteiger partial charge in [-0.05, 0) is 38.1 Å². The minimum atomic E-state index is -0.533. The van der Waals surface area contributed by atoms with Crippen LogP contribution in [-0.2, 0) is 0 Å². The highest BCUT2D eigenvalue weighted by molar-refractivity contribution is 6.33. The summed E-state index contributed by atoms with van der Waals surface area (Å²) in [5, 5.41) is 3.40. The van der Waals surface area contributed by atoms with Gasteiger partial charge < -0.3 is 15.5 Å². The molecular weight excluding hydrogens is 423 g/mol. The van der Waals surface area contributed by atoms with Gasteiger partial charge in [-0.2, -0.15) is 4.98 Å². The molecule has 0 amide bonds. The molecule has 8 nitrogen and oxygen atoms in total. The van der Waals surface area contributed by atoms with E-state index in [1.807, 2.05) is 0 Å². The van der Waals surface area contributed by atoms with E-state index in [4.69, 9.17) is 17.3 Å². The molecule has 3 N–H and O–H groups in total. The molecule has 3 aromatic heterocycles. The van der Waals surface area contributed by atoms with Crippen molar-refractivity contribution in [1.82, 2.24) is 18.9 Å². The summed E-state index contributed by atoms with van der Waals surface area (Å²) in [6, 6.07) is 6.76. The van der Waals surface area contributed by atoms with Crippen LogP contribution in [0.1, 0.15) is 35.9 Å². The molecule has 158 valence electrons. The number of nitrogens with one attached hydrogen (secondary N) is 1. The van der Waals surface area contributed by atoms with Gasteiger partial charge in [-0.1, -0.05) is 17.7 Å². The zero-order valence-corrected chi connectivity index (χ0v) is 17.4. The number of fused-ring (bicyclic) bond motifs is 1. The van der Waals surface area contributed by atoms with Gasteiger partial charge in [0.1, 0.15) is 17.2 Å². The number of benzene rings is 1. The standard InChI is InChI=1S/C21H18ClFN6O2/c1-11(26-19-15(12(2)30)9-25-21(24)27-19)17-10-28-7-6-16(22)18(28)20(31)29(17)14-5-3-4-13(23)8-14/h3-11H,1-2H3,(H3,24,25,26,27).